The second kappa shape index (κ2) is 5.65. The van der Waals surface area contributed by atoms with Crippen molar-refractivity contribution in [2.75, 3.05) is 12.4 Å². The van der Waals surface area contributed by atoms with Gasteiger partial charge in [0.25, 0.3) is 0 Å². The third kappa shape index (κ3) is 2.99. The zero-order valence-electron chi connectivity index (χ0n) is 11.5. The molecule has 2 N–H and O–H groups in total. The molecule has 0 aliphatic rings. The lowest BCUT2D eigenvalue weighted by Gasteiger charge is -2.14. The predicted octanol–water partition coefficient (Wildman–Crippen LogP) is 3.63. The van der Waals surface area contributed by atoms with E-state index >= 15 is 0 Å². The van der Waals surface area contributed by atoms with Gasteiger partial charge in [-0.1, -0.05) is 18.2 Å². The summed E-state index contributed by atoms with van der Waals surface area (Å²) in [6, 6.07) is 11.3. The van der Waals surface area contributed by atoms with Crippen molar-refractivity contribution < 1.29 is 9.84 Å². The highest BCUT2D eigenvalue weighted by Gasteiger charge is 2.07. The smallest absolute Gasteiger partial charge is 0.126 e. The zero-order valence-corrected chi connectivity index (χ0v) is 11.5. The lowest BCUT2D eigenvalue weighted by molar-refractivity contribution is 0.409. The molecule has 0 unspecified atom stereocenters. The number of ether oxygens (including phenoxy) is 1. The fraction of sp³-hybridized carbons (Fsp3) is 0.250. The standard InChI is InChI=1S/C16H19NO2/c1-11-7-8-15(12(2)16(11)19-3)17-10-13-5-4-6-14(18)9-13/h4-9,17-18H,10H2,1-3H3. The predicted molar refractivity (Wildman–Crippen MR) is 77.9 cm³/mol. The number of aromatic hydroxyl groups is 1. The largest absolute Gasteiger partial charge is 0.508 e. The molecule has 0 saturated carbocycles. The summed E-state index contributed by atoms with van der Waals surface area (Å²) in [5, 5.41) is 12.8. The van der Waals surface area contributed by atoms with Gasteiger partial charge < -0.3 is 15.2 Å². The van der Waals surface area contributed by atoms with Crippen molar-refractivity contribution in [1.29, 1.82) is 0 Å². The molecule has 3 nitrogen and oxygen atoms in total. The number of anilines is 1. The number of hydrogen-bond donors (Lipinski definition) is 2. The second-order valence-electron chi connectivity index (χ2n) is 4.61. The van der Waals surface area contributed by atoms with Crippen molar-refractivity contribution in [2.24, 2.45) is 0 Å². The van der Waals surface area contributed by atoms with Crippen LogP contribution in [0.25, 0.3) is 0 Å². The van der Waals surface area contributed by atoms with E-state index in [2.05, 4.69) is 11.4 Å². The third-order valence-electron chi connectivity index (χ3n) is 3.20. The Balaban J connectivity index is 2.16. The van der Waals surface area contributed by atoms with Crippen LogP contribution < -0.4 is 10.1 Å². The van der Waals surface area contributed by atoms with E-state index < -0.39 is 0 Å². The first kappa shape index (κ1) is 13.3. The second-order valence-corrected chi connectivity index (χ2v) is 4.61. The quantitative estimate of drug-likeness (QED) is 0.878. The number of methoxy groups -OCH3 is 1. The molecule has 19 heavy (non-hydrogen) atoms. The van der Waals surface area contributed by atoms with E-state index in [1.807, 2.05) is 32.0 Å². The number of benzene rings is 2. The highest BCUT2D eigenvalue weighted by Crippen LogP contribution is 2.29. The SMILES string of the molecule is COc1c(C)ccc(NCc2cccc(O)c2)c1C. The van der Waals surface area contributed by atoms with Gasteiger partial charge >= 0.3 is 0 Å². The molecule has 0 bridgehead atoms. The number of rotatable bonds is 4. The molecule has 0 spiro atoms. The van der Waals surface area contributed by atoms with Gasteiger partial charge in [-0.25, -0.2) is 0 Å². The Hall–Kier alpha value is -2.16. The summed E-state index contributed by atoms with van der Waals surface area (Å²) in [5.41, 5.74) is 4.32. The fourth-order valence-corrected chi connectivity index (χ4v) is 2.20. The van der Waals surface area contributed by atoms with Gasteiger partial charge in [0.1, 0.15) is 11.5 Å². The topological polar surface area (TPSA) is 41.5 Å². The zero-order chi connectivity index (χ0) is 13.8. The van der Waals surface area contributed by atoms with Gasteiger partial charge in [-0.15, -0.1) is 0 Å². The highest BCUT2D eigenvalue weighted by atomic mass is 16.5. The summed E-state index contributed by atoms with van der Waals surface area (Å²) >= 11 is 0. The van der Waals surface area contributed by atoms with Gasteiger partial charge in [0, 0.05) is 17.8 Å². The molecule has 0 amide bonds. The van der Waals surface area contributed by atoms with Crippen molar-refractivity contribution in [3.8, 4) is 11.5 Å². The molecule has 0 radical (unpaired) electrons. The first-order valence-corrected chi connectivity index (χ1v) is 6.28. The van der Waals surface area contributed by atoms with Crippen LogP contribution in [0.4, 0.5) is 5.69 Å². The van der Waals surface area contributed by atoms with Crippen LogP contribution in [0.1, 0.15) is 16.7 Å². The molecule has 100 valence electrons. The van der Waals surface area contributed by atoms with E-state index in [4.69, 9.17) is 4.74 Å². The van der Waals surface area contributed by atoms with Crippen molar-refractivity contribution in [1.82, 2.24) is 0 Å². The molecule has 2 rings (SSSR count). The molecule has 0 heterocycles. The molecule has 0 fully saturated rings. The molecule has 0 aromatic heterocycles. The molecule has 2 aromatic carbocycles. The summed E-state index contributed by atoms with van der Waals surface area (Å²) in [7, 11) is 1.69. The molecule has 0 atom stereocenters. The summed E-state index contributed by atoms with van der Waals surface area (Å²) in [4.78, 5) is 0. The van der Waals surface area contributed by atoms with Gasteiger partial charge in [0.2, 0.25) is 0 Å². The third-order valence-corrected chi connectivity index (χ3v) is 3.20. The molecule has 3 heteroatoms. The average molecular weight is 257 g/mol. The Morgan fingerprint density at radius 1 is 1.16 bits per heavy atom. The Morgan fingerprint density at radius 2 is 1.95 bits per heavy atom. The molecule has 0 aliphatic carbocycles. The number of phenolic OH excluding ortho intramolecular Hbond substituents is 1. The van der Waals surface area contributed by atoms with E-state index in [9.17, 15) is 5.11 Å². The summed E-state index contributed by atoms with van der Waals surface area (Å²) < 4.78 is 5.41. The van der Waals surface area contributed by atoms with Gasteiger partial charge in [0.15, 0.2) is 0 Å². The number of nitrogens with one attached hydrogen (secondary N) is 1. The normalized spacial score (nSPS) is 10.3. The van der Waals surface area contributed by atoms with Crippen molar-refractivity contribution in [2.45, 2.75) is 20.4 Å². The van der Waals surface area contributed by atoms with Crippen molar-refractivity contribution in [3.63, 3.8) is 0 Å². The minimum absolute atomic E-state index is 0.289. The Bertz CT molecular complexity index is 579. The van der Waals surface area contributed by atoms with E-state index in [1.165, 1.54) is 0 Å². The van der Waals surface area contributed by atoms with Gasteiger partial charge in [0.05, 0.1) is 7.11 Å². The minimum atomic E-state index is 0.289. The first-order chi connectivity index (χ1) is 9.11. The molecule has 0 aliphatic heterocycles. The monoisotopic (exact) mass is 257 g/mol. The van der Waals surface area contributed by atoms with E-state index in [1.54, 1.807) is 19.2 Å². The maximum atomic E-state index is 9.44. The van der Waals surface area contributed by atoms with Crippen LogP contribution >= 0.6 is 0 Å². The van der Waals surface area contributed by atoms with Crippen LogP contribution in [0, 0.1) is 13.8 Å². The number of phenols is 1. The minimum Gasteiger partial charge on any atom is -0.508 e. The van der Waals surface area contributed by atoms with Crippen LogP contribution in [0.2, 0.25) is 0 Å². The van der Waals surface area contributed by atoms with E-state index in [0.717, 1.165) is 28.1 Å². The number of hydrogen-bond acceptors (Lipinski definition) is 3. The van der Waals surface area contributed by atoms with Crippen LogP contribution in [0.3, 0.4) is 0 Å². The maximum absolute atomic E-state index is 9.44. The Kier molecular flexibility index (Phi) is 3.95. The van der Waals surface area contributed by atoms with Crippen molar-refractivity contribution >= 4 is 5.69 Å². The van der Waals surface area contributed by atoms with Crippen molar-refractivity contribution in [3.05, 3.63) is 53.1 Å². The summed E-state index contributed by atoms with van der Waals surface area (Å²) in [6.07, 6.45) is 0. The number of aryl methyl sites for hydroxylation is 1. The van der Waals surface area contributed by atoms with Crippen LogP contribution in [0.15, 0.2) is 36.4 Å². The van der Waals surface area contributed by atoms with Crippen LogP contribution in [-0.4, -0.2) is 12.2 Å². The van der Waals surface area contributed by atoms with E-state index in [0.29, 0.717) is 6.54 Å². The Morgan fingerprint density at radius 3 is 2.63 bits per heavy atom. The first-order valence-electron chi connectivity index (χ1n) is 6.28. The highest BCUT2D eigenvalue weighted by molar-refractivity contribution is 5.59. The van der Waals surface area contributed by atoms with Gasteiger partial charge in [-0.2, -0.15) is 0 Å². The van der Waals surface area contributed by atoms with Crippen LogP contribution in [0.5, 0.6) is 11.5 Å². The lowest BCUT2D eigenvalue weighted by Crippen LogP contribution is -2.02. The summed E-state index contributed by atoms with van der Waals surface area (Å²) in [5.74, 6) is 1.21. The van der Waals surface area contributed by atoms with Crippen LogP contribution in [-0.2, 0) is 6.54 Å². The maximum Gasteiger partial charge on any atom is 0.126 e. The average Bonchev–Trinajstić information content (AvgIpc) is 2.38. The lowest BCUT2D eigenvalue weighted by atomic mass is 10.1. The van der Waals surface area contributed by atoms with Gasteiger partial charge in [-0.3, -0.25) is 0 Å². The van der Waals surface area contributed by atoms with Gasteiger partial charge in [-0.05, 0) is 43.2 Å². The van der Waals surface area contributed by atoms with E-state index in [-0.39, 0.29) is 5.75 Å². The molecule has 2 aromatic rings. The Labute approximate surface area is 113 Å². The fourth-order valence-electron chi connectivity index (χ4n) is 2.20. The summed E-state index contributed by atoms with van der Waals surface area (Å²) in [6.45, 7) is 4.74. The molecule has 0 saturated heterocycles. The molecular formula is C16H19NO2. The molecular weight excluding hydrogens is 238 g/mol.